The number of carbonyl (C=O) groups excluding carboxylic acids is 1. The van der Waals surface area contributed by atoms with Gasteiger partial charge in [0.2, 0.25) is 5.91 Å². The number of benzene rings is 2. The molecule has 0 aliphatic heterocycles. The Morgan fingerprint density at radius 3 is 2.52 bits per heavy atom. The number of methoxy groups -OCH3 is 1. The molecule has 0 saturated carbocycles. The lowest BCUT2D eigenvalue weighted by molar-refractivity contribution is -0.121. The molecule has 134 valence electrons. The van der Waals surface area contributed by atoms with E-state index in [1.54, 1.807) is 25.3 Å². The molecular weight excluding hydrogens is 319 g/mol. The van der Waals surface area contributed by atoms with Crippen molar-refractivity contribution in [1.82, 2.24) is 10.2 Å². The molecule has 0 bridgehead atoms. The fourth-order valence-electron chi connectivity index (χ4n) is 2.76. The van der Waals surface area contributed by atoms with Gasteiger partial charge in [0, 0.05) is 18.5 Å². The molecule has 0 radical (unpaired) electrons. The van der Waals surface area contributed by atoms with Crippen molar-refractivity contribution in [3.63, 3.8) is 0 Å². The first-order valence-electron chi connectivity index (χ1n) is 8.32. The van der Waals surface area contributed by atoms with Crippen LogP contribution in [0.15, 0.2) is 48.5 Å². The van der Waals surface area contributed by atoms with Crippen molar-refractivity contribution in [2.75, 3.05) is 27.7 Å². The minimum absolute atomic E-state index is 0.00596. The first-order valence-corrected chi connectivity index (χ1v) is 8.32. The zero-order valence-electron chi connectivity index (χ0n) is 15.0. The molecule has 1 amide bonds. The summed E-state index contributed by atoms with van der Waals surface area (Å²) in [5.74, 6) is 0.433. The number of nitrogens with one attached hydrogen (secondary N) is 1. The highest BCUT2D eigenvalue weighted by atomic mass is 19.1. The number of hydrogen-bond donors (Lipinski definition) is 1. The van der Waals surface area contributed by atoms with E-state index in [0.717, 1.165) is 11.3 Å². The minimum Gasteiger partial charge on any atom is -0.496 e. The van der Waals surface area contributed by atoms with Gasteiger partial charge < -0.3 is 15.0 Å². The van der Waals surface area contributed by atoms with Crippen LogP contribution in [0.3, 0.4) is 0 Å². The average Bonchev–Trinajstić information content (AvgIpc) is 2.61. The van der Waals surface area contributed by atoms with E-state index in [0.29, 0.717) is 18.5 Å². The number of nitrogens with zero attached hydrogens (tertiary/aromatic N) is 1. The number of hydrogen-bond acceptors (Lipinski definition) is 3. The van der Waals surface area contributed by atoms with Gasteiger partial charge in [0.1, 0.15) is 11.6 Å². The Morgan fingerprint density at radius 2 is 1.84 bits per heavy atom. The first-order chi connectivity index (χ1) is 12.0. The summed E-state index contributed by atoms with van der Waals surface area (Å²) in [5.41, 5.74) is 1.58. The Labute approximate surface area is 148 Å². The van der Waals surface area contributed by atoms with Gasteiger partial charge in [-0.1, -0.05) is 36.4 Å². The maximum absolute atomic E-state index is 13.6. The monoisotopic (exact) mass is 344 g/mol. The van der Waals surface area contributed by atoms with Crippen LogP contribution in [0.4, 0.5) is 4.39 Å². The van der Waals surface area contributed by atoms with Crippen LogP contribution < -0.4 is 10.1 Å². The number of aryl methyl sites for hydroxylation is 1. The average molecular weight is 344 g/mol. The number of carbonyl (C=O) groups is 1. The Hall–Kier alpha value is -2.40. The predicted octanol–water partition coefficient (Wildman–Crippen LogP) is 3.19. The number of halogens is 1. The molecular formula is C20H25FN2O2. The van der Waals surface area contributed by atoms with Crippen molar-refractivity contribution in [2.45, 2.75) is 18.9 Å². The zero-order chi connectivity index (χ0) is 18.2. The third-order valence-corrected chi connectivity index (χ3v) is 4.19. The van der Waals surface area contributed by atoms with Crippen LogP contribution in [0, 0.1) is 5.82 Å². The summed E-state index contributed by atoms with van der Waals surface area (Å²) < 4.78 is 19.0. The molecule has 2 rings (SSSR count). The van der Waals surface area contributed by atoms with Crippen molar-refractivity contribution in [2.24, 2.45) is 0 Å². The highest BCUT2D eigenvalue weighted by molar-refractivity contribution is 5.76. The molecule has 1 unspecified atom stereocenters. The Balaban J connectivity index is 1.95. The zero-order valence-corrected chi connectivity index (χ0v) is 15.0. The minimum atomic E-state index is -0.268. The van der Waals surface area contributed by atoms with Gasteiger partial charge in [0.15, 0.2) is 0 Å². The molecule has 0 aromatic heterocycles. The molecule has 4 nitrogen and oxygen atoms in total. The highest BCUT2D eigenvalue weighted by Gasteiger charge is 2.19. The summed E-state index contributed by atoms with van der Waals surface area (Å²) in [6, 6.07) is 14.3. The van der Waals surface area contributed by atoms with Gasteiger partial charge in [-0.25, -0.2) is 4.39 Å². The Bertz CT molecular complexity index is 704. The maximum Gasteiger partial charge on any atom is 0.220 e. The van der Waals surface area contributed by atoms with Crippen LogP contribution in [0.2, 0.25) is 0 Å². The molecule has 5 heteroatoms. The smallest absolute Gasteiger partial charge is 0.220 e. The van der Waals surface area contributed by atoms with Crippen molar-refractivity contribution >= 4 is 5.91 Å². The Morgan fingerprint density at radius 1 is 1.16 bits per heavy atom. The van der Waals surface area contributed by atoms with E-state index in [9.17, 15) is 9.18 Å². The van der Waals surface area contributed by atoms with Gasteiger partial charge in [0.25, 0.3) is 0 Å². The van der Waals surface area contributed by atoms with E-state index >= 15 is 0 Å². The van der Waals surface area contributed by atoms with E-state index in [2.05, 4.69) is 5.32 Å². The second-order valence-corrected chi connectivity index (χ2v) is 6.12. The van der Waals surface area contributed by atoms with E-state index in [4.69, 9.17) is 4.74 Å². The fourth-order valence-corrected chi connectivity index (χ4v) is 2.76. The summed E-state index contributed by atoms with van der Waals surface area (Å²) in [6.45, 7) is 0.462. The van der Waals surface area contributed by atoms with Crippen molar-refractivity contribution in [3.8, 4) is 5.75 Å². The van der Waals surface area contributed by atoms with E-state index in [-0.39, 0.29) is 24.2 Å². The Kier molecular flexibility index (Phi) is 6.95. The second kappa shape index (κ2) is 9.18. The van der Waals surface area contributed by atoms with Crippen molar-refractivity contribution in [1.29, 1.82) is 0 Å². The molecule has 0 heterocycles. The fraction of sp³-hybridized carbons (Fsp3) is 0.350. The molecule has 1 atom stereocenters. The standard InChI is InChI=1S/C20H25FN2O2/c1-23(2)18(16-9-5-7-11-19(16)25-3)14-22-20(24)13-12-15-8-4-6-10-17(15)21/h4-11,18H,12-14H2,1-3H3,(H,22,24). The van der Waals surface area contributed by atoms with Crippen LogP contribution in [0.5, 0.6) is 5.75 Å². The van der Waals surface area contributed by atoms with Crippen LogP contribution in [-0.4, -0.2) is 38.6 Å². The van der Waals surface area contributed by atoms with Crippen molar-refractivity contribution < 1.29 is 13.9 Å². The van der Waals surface area contributed by atoms with Crippen LogP contribution in [0.1, 0.15) is 23.6 Å². The lowest BCUT2D eigenvalue weighted by Crippen LogP contribution is -2.34. The highest BCUT2D eigenvalue weighted by Crippen LogP contribution is 2.27. The van der Waals surface area contributed by atoms with Gasteiger partial charge in [-0.3, -0.25) is 4.79 Å². The van der Waals surface area contributed by atoms with E-state index in [1.807, 2.05) is 43.3 Å². The molecule has 0 spiro atoms. The van der Waals surface area contributed by atoms with Crippen molar-refractivity contribution in [3.05, 3.63) is 65.5 Å². The summed E-state index contributed by atoms with van der Waals surface area (Å²) in [7, 11) is 5.56. The van der Waals surface area contributed by atoms with Gasteiger partial charge >= 0.3 is 0 Å². The number of ether oxygens (including phenoxy) is 1. The number of para-hydroxylation sites is 1. The predicted molar refractivity (Wildman–Crippen MR) is 97.2 cm³/mol. The number of amides is 1. The van der Waals surface area contributed by atoms with E-state index in [1.165, 1.54) is 6.07 Å². The molecule has 2 aromatic rings. The van der Waals surface area contributed by atoms with Gasteiger partial charge in [-0.2, -0.15) is 0 Å². The lowest BCUT2D eigenvalue weighted by atomic mass is 10.0. The summed E-state index contributed by atoms with van der Waals surface area (Å²) in [4.78, 5) is 14.2. The van der Waals surface area contributed by atoms with E-state index < -0.39 is 0 Å². The third kappa shape index (κ3) is 5.29. The summed E-state index contributed by atoms with van der Waals surface area (Å²) >= 11 is 0. The van der Waals surface area contributed by atoms with Crippen LogP contribution >= 0.6 is 0 Å². The molecule has 1 N–H and O–H groups in total. The quantitative estimate of drug-likeness (QED) is 0.800. The molecule has 0 fully saturated rings. The van der Waals surface area contributed by atoms with Crippen LogP contribution in [0.25, 0.3) is 0 Å². The SMILES string of the molecule is COc1ccccc1C(CNC(=O)CCc1ccccc1F)N(C)C. The topological polar surface area (TPSA) is 41.6 Å². The number of rotatable bonds is 8. The number of likely N-dealkylation sites (N-methyl/N-ethyl adjacent to an activating group) is 1. The summed E-state index contributed by atoms with van der Waals surface area (Å²) in [6.07, 6.45) is 0.646. The van der Waals surface area contributed by atoms with Gasteiger partial charge in [-0.05, 0) is 38.2 Å². The molecule has 25 heavy (non-hydrogen) atoms. The maximum atomic E-state index is 13.6. The molecule has 0 aliphatic carbocycles. The molecule has 2 aromatic carbocycles. The normalized spacial score (nSPS) is 12.0. The second-order valence-electron chi connectivity index (χ2n) is 6.12. The third-order valence-electron chi connectivity index (χ3n) is 4.19. The molecule has 0 saturated heterocycles. The molecule has 0 aliphatic rings. The van der Waals surface area contributed by atoms with Gasteiger partial charge in [-0.15, -0.1) is 0 Å². The first kappa shape index (κ1) is 18.9. The summed E-state index contributed by atoms with van der Waals surface area (Å²) in [5, 5.41) is 2.94. The van der Waals surface area contributed by atoms with Gasteiger partial charge in [0.05, 0.1) is 13.2 Å². The lowest BCUT2D eigenvalue weighted by Gasteiger charge is -2.26. The van der Waals surface area contributed by atoms with Crippen LogP contribution in [-0.2, 0) is 11.2 Å². The largest absolute Gasteiger partial charge is 0.496 e.